The van der Waals surface area contributed by atoms with Crippen molar-refractivity contribution in [3.05, 3.63) is 26.5 Å². The molecule has 2 fully saturated rings. The number of ether oxygens (including phenoxy) is 1. The Morgan fingerprint density at radius 1 is 1.10 bits per heavy atom. The SMILES string of the molecule is CC(=O)O[C@H]1CC[C@]2(C)C3=C(CC[C@H]2C1(C)C)[C@]1(C)CC[C@H]([C@H](C)CCCC(C)(O)[CH2][Hg+])[C@@]1(C)CC3.O=[N+]([O-])[O-]. The molecule has 0 aromatic heterocycles. The maximum atomic E-state index is 11.8. The number of allylic oxidation sites excluding steroid dienone is 2. The second-order valence-electron chi connectivity index (χ2n) is 15.2. The van der Waals surface area contributed by atoms with Crippen LogP contribution in [0.25, 0.3) is 0 Å². The van der Waals surface area contributed by atoms with Crippen LogP contribution in [-0.4, -0.2) is 27.9 Å². The van der Waals surface area contributed by atoms with Crippen LogP contribution in [0.2, 0.25) is 3.93 Å². The van der Waals surface area contributed by atoms with E-state index >= 15 is 0 Å². The Morgan fingerprint density at radius 3 is 2.30 bits per heavy atom. The van der Waals surface area contributed by atoms with Crippen molar-refractivity contribution in [1.82, 2.24) is 0 Å². The summed E-state index contributed by atoms with van der Waals surface area (Å²) in [7, 11) is 0. The standard InChI is InChI=1S/C32H53O3.Hg.NO3/c1-21(11-10-17-28(3,4)34)23-14-19-32(9)25-12-13-26-29(5,6)27(35-22(2)33)16-18-30(26,7)24(25)15-20-31(23,32)8;;2-1(3)4/h21,23,26-27,34H,3,10-20H2,1-2,4-9H3;;/q;+1;-1/t21-,23-,26+,27+,28?,30-,31-,32+;;/m1../s1. The first-order valence-corrected chi connectivity index (χ1v) is 19.5. The molecule has 4 rings (SSSR count). The van der Waals surface area contributed by atoms with E-state index in [9.17, 15) is 9.90 Å². The predicted octanol–water partition coefficient (Wildman–Crippen LogP) is 7.95. The minimum Gasteiger partial charge on any atom is -0.356 e. The third kappa shape index (κ3) is 6.17. The molecule has 8 heteroatoms. The second-order valence-corrected chi connectivity index (χ2v) is 17.1. The second kappa shape index (κ2) is 12.1. The molecule has 7 nitrogen and oxygen atoms in total. The molecule has 40 heavy (non-hydrogen) atoms. The Morgan fingerprint density at radius 2 is 1.73 bits per heavy atom. The van der Waals surface area contributed by atoms with Gasteiger partial charge in [-0.15, -0.1) is 0 Å². The van der Waals surface area contributed by atoms with Crippen LogP contribution in [0.3, 0.4) is 0 Å². The van der Waals surface area contributed by atoms with Crippen molar-refractivity contribution >= 4 is 5.97 Å². The van der Waals surface area contributed by atoms with Gasteiger partial charge in [0.05, 0.1) is 5.09 Å². The van der Waals surface area contributed by atoms with Crippen LogP contribution in [-0.2, 0) is 35.7 Å². The number of hydrogen-bond acceptors (Lipinski definition) is 6. The number of nitrogens with zero attached hydrogens (tertiary/aromatic N) is 1. The molecule has 0 radical (unpaired) electrons. The summed E-state index contributed by atoms with van der Waals surface area (Å²) < 4.78 is 6.91. The quantitative estimate of drug-likeness (QED) is 0.0931. The molecule has 0 aliphatic heterocycles. The first-order valence-electron chi connectivity index (χ1n) is 15.6. The maximum Gasteiger partial charge on any atom is 0.0689 e. The smallest absolute Gasteiger partial charge is 0.0689 e. The van der Waals surface area contributed by atoms with Crippen molar-refractivity contribution in [3.8, 4) is 0 Å². The fourth-order valence-corrected chi connectivity index (χ4v) is 11.1. The van der Waals surface area contributed by atoms with Gasteiger partial charge in [-0.3, -0.25) is 4.79 Å². The van der Waals surface area contributed by atoms with E-state index in [0.717, 1.165) is 35.0 Å². The van der Waals surface area contributed by atoms with Crippen LogP contribution >= 0.6 is 0 Å². The van der Waals surface area contributed by atoms with Crippen molar-refractivity contribution < 1.29 is 45.8 Å². The maximum absolute atomic E-state index is 11.8. The summed E-state index contributed by atoms with van der Waals surface area (Å²) in [5.41, 5.74) is 4.22. The van der Waals surface area contributed by atoms with Gasteiger partial charge in [0.1, 0.15) is 6.10 Å². The van der Waals surface area contributed by atoms with Gasteiger partial charge in [-0.2, -0.15) is 0 Å². The van der Waals surface area contributed by atoms with Gasteiger partial charge in [0.15, 0.2) is 0 Å². The number of carbonyl (C=O) groups is 1. The van der Waals surface area contributed by atoms with Crippen LogP contribution < -0.4 is 0 Å². The molecule has 8 atom stereocenters. The third-order valence-electron chi connectivity index (χ3n) is 12.7. The third-order valence-corrected chi connectivity index (χ3v) is 16.9. The number of carbonyl (C=O) groups excluding carboxylic acids is 1. The molecule has 0 aromatic carbocycles. The fourth-order valence-electron chi connectivity index (χ4n) is 10.2. The fraction of sp³-hybridized carbons (Fsp3) is 0.906. The van der Waals surface area contributed by atoms with Gasteiger partial charge >= 0.3 is 171 Å². The van der Waals surface area contributed by atoms with Crippen LogP contribution in [0.1, 0.15) is 126 Å². The molecule has 0 spiro atoms. The Labute approximate surface area is 258 Å². The summed E-state index contributed by atoms with van der Waals surface area (Å²) >= 11 is 0.672. The largest absolute Gasteiger partial charge is 0.356 e. The van der Waals surface area contributed by atoms with E-state index in [-0.39, 0.29) is 22.9 Å². The Hall–Kier alpha value is -0.695. The summed E-state index contributed by atoms with van der Waals surface area (Å²) in [5.74, 6) is 1.99. The molecule has 1 N–H and O–H groups in total. The van der Waals surface area contributed by atoms with Crippen LogP contribution in [0.5, 0.6) is 0 Å². The van der Waals surface area contributed by atoms with E-state index in [2.05, 4.69) is 41.5 Å². The number of aliphatic hydroxyl groups is 1. The van der Waals surface area contributed by atoms with E-state index in [4.69, 9.17) is 20.1 Å². The van der Waals surface area contributed by atoms with E-state index in [1.165, 1.54) is 51.4 Å². The van der Waals surface area contributed by atoms with E-state index < -0.39 is 10.7 Å². The molecule has 2 saturated carbocycles. The Kier molecular flexibility index (Phi) is 10.2. The van der Waals surface area contributed by atoms with Gasteiger partial charge in [0.2, 0.25) is 0 Å². The van der Waals surface area contributed by atoms with Gasteiger partial charge in [0, 0.05) is 12.3 Å². The first-order chi connectivity index (χ1) is 18.4. The molecule has 4 aliphatic carbocycles. The number of rotatable bonds is 7. The van der Waals surface area contributed by atoms with Crippen LogP contribution in [0.4, 0.5) is 0 Å². The van der Waals surface area contributed by atoms with Gasteiger partial charge in [0.25, 0.3) is 0 Å². The zero-order valence-electron chi connectivity index (χ0n) is 26.4. The molecule has 0 heterocycles. The predicted molar refractivity (Wildman–Crippen MR) is 153 cm³/mol. The summed E-state index contributed by atoms with van der Waals surface area (Å²) in [6.45, 7) is 18.7. The molecular weight excluding hydrogens is 695 g/mol. The van der Waals surface area contributed by atoms with Crippen LogP contribution in [0, 0.1) is 54.7 Å². The molecule has 0 saturated heterocycles. The van der Waals surface area contributed by atoms with Crippen molar-refractivity contribution in [2.75, 3.05) is 0 Å². The van der Waals surface area contributed by atoms with Crippen molar-refractivity contribution in [2.24, 2.45) is 39.4 Å². The monoisotopic (exact) mass is 749 g/mol. The summed E-state index contributed by atoms with van der Waals surface area (Å²) in [6.07, 6.45) is 13.4. The summed E-state index contributed by atoms with van der Waals surface area (Å²) in [5, 5.41) is 25.3. The number of esters is 1. The zero-order chi connectivity index (χ0) is 30.3. The normalized spacial score (nSPS) is 38.5. The van der Waals surface area contributed by atoms with Crippen molar-refractivity contribution in [2.45, 2.75) is 142 Å². The number of hydrogen-bond donors (Lipinski definition) is 1. The minimum atomic E-state index is -1.75. The summed E-state index contributed by atoms with van der Waals surface area (Å²) in [4.78, 5) is 20.1. The van der Waals surface area contributed by atoms with Gasteiger partial charge in [-0.25, -0.2) is 0 Å². The van der Waals surface area contributed by atoms with Gasteiger partial charge in [-0.1, -0.05) is 20.8 Å². The topological polar surface area (TPSA) is 113 Å². The van der Waals surface area contributed by atoms with E-state index in [1.807, 2.05) is 18.1 Å². The van der Waals surface area contributed by atoms with Crippen LogP contribution in [0.15, 0.2) is 11.1 Å². The van der Waals surface area contributed by atoms with Crippen molar-refractivity contribution in [1.29, 1.82) is 0 Å². The molecule has 4 aliphatic rings. The average Bonchev–Trinajstić information content (AvgIpc) is 3.12. The van der Waals surface area contributed by atoms with E-state index in [1.54, 1.807) is 6.92 Å². The molecular formula is C32H53HgNO6. The Balaban J connectivity index is 0.00000103. The van der Waals surface area contributed by atoms with E-state index in [0.29, 0.717) is 42.9 Å². The van der Waals surface area contributed by atoms with Gasteiger partial charge in [-0.05, 0) is 18.8 Å². The number of fused-ring (bicyclic) bond motifs is 4. The van der Waals surface area contributed by atoms with Gasteiger partial charge < -0.3 is 20.1 Å². The zero-order valence-corrected chi connectivity index (χ0v) is 31.9. The minimum absolute atomic E-state index is 0.0226. The first kappa shape index (κ1) is 33.8. The summed E-state index contributed by atoms with van der Waals surface area (Å²) in [6, 6.07) is 0. The molecule has 1 unspecified atom stereocenters. The molecule has 0 aromatic rings. The molecule has 0 amide bonds. The van der Waals surface area contributed by atoms with Crippen molar-refractivity contribution in [3.63, 3.8) is 0 Å². The Bertz CT molecular complexity index is 990. The average molecular weight is 748 g/mol. The molecule has 0 bridgehead atoms. The molecule has 224 valence electrons.